The van der Waals surface area contributed by atoms with Gasteiger partial charge in [0.15, 0.2) is 5.75 Å². The standard InChI is InChI=1S/C10H18N2O4S/c1-8-5-11-4-2-3-9(11)6-12(8)17(15,16)7-10(13)14/h8-9H,2-7H2,1H3,(H,13,14). The van der Waals surface area contributed by atoms with Crippen LogP contribution in [0.2, 0.25) is 0 Å². The van der Waals surface area contributed by atoms with Crippen LogP contribution in [0.1, 0.15) is 19.8 Å². The van der Waals surface area contributed by atoms with Crippen molar-refractivity contribution >= 4 is 16.0 Å². The molecule has 2 atom stereocenters. The van der Waals surface area contributed by atoms with Crippen molar-refractivity contribution in [1.82, 2.24) is 9.21 Å². The molecule has 2 unspecified atom stereocenters. The second-order valence-electron chi connectivity index (χ2n) is 4.86. The maximum atomic E-state index is 11.9. The monoisotopic (exact) mass is 262 g/mol. The third-order valence-electron chi connectivity index (χ3n) is 3.54. The molecular weight excluding hydrogens is 244 g/mol. The van der Waals surface area contributed by atoms with Gasteiger partial charge < -0.3 is 5.11 Å². The Balaban J connectivity index is 2.12. The Morgan fingerprint density at radius 3 is 2.76 bits per heavy atom. The number of hydrogen-bond acceptors (Lipinski definition) is 4. The van der Waals surface area contributed by atoms with E-state index in [-0.39, 0.29) is 12.1 Å². The number of piperazine rings is 1. The molecule has 2 aliphatic heterocycles. The lowest BCUT2D eigenvalue weighted by Gasteiger charge is -2.41. The molecular formula is C10H18N2O4S. The summed E-state index contributed by atoms with van der Waals surface area (Å²) in [4.78, 5) is 12.9. The van der Waals surface area contributed by atoms with Gasteiger partial charge in [-0.05, 0) is 26.3 Å². The maximum Gasteiger partial charge on any atom is 0.320 e. The first-order valence-corrected chi connectivity index (χ1v) is 7.46. The third-order valence-corrected chi connectivity index (χ3v) is 5.38. The van der Waals surface area contributed by atoms with Crippen LogP contribution in [0, 0.1) is 0 Å². The van der Waals surface area contributed by atoms with Crippen molar-refractivity contribution in [2.75, 3.05) is 25.4 Å². The van der Waals surface area contributed by atoms with Gasteiger partial charge in [-0.1, -0.05) is 0 Å². The molecule has 0 aromatic heterocycles. The molecule has 2 rings (SSSR count). The van der Waals surface area contributed by atoms with Crippen LogP contribution in [0.15, 0.2) is 0 Å². The molecule has 17 heavy (non-hydrogen) atoms. The number of carboxylic acid groups (broad SMARTS) is 1. The first-order chi connectivity index (χ1) is 7.90. The van der Waals surface area contributed by atoms with E-state index in [1.54, 1.807) is 0 Å². The van der Waals surface area contributed by atoms with E-state index in [1.807, 2.05) is 6.92 Å². The fraction of sp³-hybridized carbons (Fsp3) is 0.900. The number of rotatable bonds is 3. The van der Waals surface area contributed by atoms with Gasteiger partial charge >= 0.3 is 5.97 Å². The van der Waals surface area contributed by atoms with Crippen molar-refractivity contribution in [2.45, 2.75) is 31.8 Å². The Kier molecular flexibility index (Phi) is 3.42. The molecule has 1 N–H and O–H groups in total. The summed E-state index contributed by atoms with van der Waals surface area (Å²) in [6.07, 6.45) is 2.11. The Morgan fingerprint density at radius 2 is 2.12 bits per heavy atom. The highest BCUT2D eigenvalue weighted by Gasteiger charge is 2.40. The molecule has 0 saturated carbocycles. The average molecular weight is 262 g/mol. The van der Waals surface area contributed by atoms with Crippen molar-refractivity contribution in [3.05, 3.63) is 0 Å². The zero-order valence-electron chi connectivity index (χ0n) is 9.87. The number of sulfonamides is 1. The van der Waals surface area contributed by atoms with Gasteiger partial charge in [-0.15, -0.1) is 0 Å². The summed E-state index contributed by atoms with van der Waals surface area (Å²) < 4.78 is 25.2. The Morgan fingerprint density at radius 1 is 1.41 bits per heavy atom. The van der Waals surface area contributed by atoms with Gasteiger partial charge in [-0.3, -0.25) is 9.69 Å². The van der Waals surface area contributed by atoms with E-state index in [9.17, 15) is 13.2 Å². The predicted molar refractivity (Wildman–Crippen MR) is 62.2 cm³/mol. The van der Waals surface area contributed by atoms with Crippen LogP contribution in [0.25, 0.3) is 0 Å². The number of aliphatic carboxylic acids is 1. The van der Waals surface area contributed by atoms with Crippen molar-refractivity contribution in [3.63, 3.8) is 0 Å². The second-order valence-corrected chi connectivity index (χ2v) is 6.78. The number of hydrogen-bond donors (Lipinski definition) is 1. The summed E-state index contributed by atoms with van der Waals surface area (Å²) in [6.45, 7) is 4.02. The fourth-order valence-corrected chi connectivity index (χ4v) is 4.28. The molecule has 6 nitrogen and oxygen atoms in total. The minimum Gasteiger partial charge on any atom is -0.480 e. The summed E-state index contributed by atoms with van der Waals surface area (Å²) in [6, 6.07) is 0.142. The van der Waals surface area contributed by atoms with Gasteiger partial charge in [0.2, 0.25) is 10.0 Å². The van der Waals surface area contributed by atoms with Gasteiger partial charge in [-0.25, -0.2) is 8.42 Å². The molecule has 0 aromatic rings. The van der Waals surface area contributed by atoms with E-state index in [2.05, 4.69) is 4.90 Å². The van der Waals surface area contributed by atoms with Gasteiger partial charge in [0, 0.05) is 25.2 Å². The van der Waals surface area contributed by atoms with Crippen LogP contribution < -0.4 is 0 Å². The number of nitrogens with zero attached hydrogens (tertiary/aromatic N) is 2. The second kappa shape index (κ2) is 4.55. The Hall–Kier alpha value is -0.660. The molecule has 0 aromatic carbocycles. The molecule has 0 aliphatic carbocycles. The first-order valence-electron chi connectivity index (χ1n) is 5.85. The van der Waals surface area contributed by atoms with E-state index < -0.39 is 21.7 Å². The van der Waals surface area contributed by atoms with Crippen LogP contribution in [0.3, 0.4) is 0 Å². The SMILES string of the molecule is CC1CN2CCCC2CN1S(=O)(=O)CC(=O)O. The lowest BCUT2D eigenvalue weighted by atomic mass is 10.1. The van der Waals surface area contributed by atoms with Crippen molar-refractivity contribution in [3.8, 4) is 0 Å². The zero-order chi connectivity index (χ0) is 12.6. The lowest BCUT2D eigenvalue weighted by Crippen LogP contribution is -2.57. The van der Waals surface area contributed by atoms with Crippen molar-refractivity contribution < 1.29 is 18.3 Å². The zero-order valence-corrected chi connectivity index (χ0v) is 10.7. The van der Waals surface area contributed by atoms with Crippen molar-refractivity contribution in [1.29, 1.82) is 0 Å². The summed E-state index contributed by atoms with van der Waals surface area (Å²) in [5.74, 6) is -2.09. The average Bonchev–Trinajstić information content (AvgIpc) is 2.60. The van der Waals surface area contributed by atoms with E-state index in [1.165, 1.54) is 4.31 Å². The molecule has 98 valence electrons. The van der Waals surface area contributed by atoms with Crippen molar-refractivity contribution in [2.24, 2.45) is 0 Å². The minimum atomic E-state index is -3.66. The predicted octanol–water partition coefficient (Wildman–Crippen LogP) is -0.431. The molecule has 2 fully saturated rings. The molecule has 2 aliphatic rings. The summed E-state index contributed by atoms with van der Waals surface area (Å²) >= 11 is 0. The van der Waals surface area contributed by atoms with Gasteiger partial charge in [0.1, 0.15) is 0 Å². The molecule has 2 saturated heterocycles. The van der Waals surface area contributed by atoms with Crippen LogP contribution in [-0.4, -0.2) is 66.2 Å². The third kappa shape index (κ3) is 2.61. The normalized spacial score (nSPS) is 31.4. The molecule has 0 amide bonds. The fourth-order valence-electron chi connectivity index (χ4n) is 2.79. The van der Waals surface area contributed by atoms with Crippen LogP contribution >= 0.6 is 0 Å². The lowest BCUT2D eigenvalue weighted by molar-refractivity contribution is -0.134. The van der Waals surface area contributed by atoms with Crippen LogP contribution in [-0.2, 0) is 14.8 Å². The largest absolute Gasteiger partial charge is 0.480 e. The molecule has 7 heteroatoms. The number of fused-ring (bicyclic) bond motifs is 1. The highest BCUT2D eigenvalue weighted by Crippen LogP contribution is 2.26. The Bertz CT molecular complexity index is 409. The smallest absolute Gasteiger partial charge is 0.320 e. The van der Waals surface area contributed by atoms with E-state index in [4.69, 9.17) is 5.11 Å². The highest BCUT2D eigenvalue weighted by molar-refractivity contribution is 7.89. The molecule has 2 heterocycles. The molecule has 0 spiro atoms. The summed E-state index contributed by atoms with van der Waals surface area (Å²) in [5.41, 5.74) is 0. The summed E-state index contributed by atoms with van der Waals surface area (Å²) in [5, 5.41) is 8.64. The maximum absolute atomic E-state index is 11.9. The van der Waals surface area contributed by atoms with Gasteiger partial charge in [0.05, 0.1) is 0 Å². The van der Waals surface area contributed by atoms with Crippen LogP contribution in [0.4, 0.5) is 0 Å². The minimum absolute atomic E-state index is 0.131. The van der Waals surface area contributed by atoms with E-state index in [0.29, 0.717) is 13.1 Å². The first kappa shape index (κ1) is 12.8. The van der Waals surface area contributed by atoms with Crippen LogP contribution in [0.5, 0.6) is 0 Å². The van der Waals surface area contributed by atoms with Gasteiger partial charge in [0.25, 0.3) is 0 Å². The number of carboxylic acids is 1. The van der Waals surface area contributed by atoms with E-state index >= 15 is 0 Å². The summed E-state index contributed by atoms with van der Waals surface area (Å²) in [7, 11) is -3.66. The number of carbonyl (C=O) groups is 1. The topological polar surface area (TPSA) is 77.9 Å². The van der Waals surface area contributed by atoms with E-state index in [0.717, 1.165) is 19.4 Å². The Labute approximate surface area is 101 Å². The molecule has 0 bridgehead atoms. The van der Waals surface area contributed by atoms with Gasteiger partial charge in [-0.2, -0.15) is 4.31 Å². The molecule has 0 radical (unpaired) electrons. The highest BCUT2D eigenvalue weighted by atomic mass is 32.2. The quantitative estimate of drug-likeness (QED) is 0.746.